The van der Waals surface area contributed by atoms with E-state index in [9.17, 15) is 14.4 Å². The first-order chi connectivity index (χ1) is 12.1. The van der Waals surface area contributed by atoms with Gasteiger partial charge in [-0.3, -0.25) is 23.5 Å². The van der Waals surface area contributed by atoms with Crippen LogP contribution in [0, 0.1) is 9.88 Å². The second kappa shape index (κ2) is 5.82. The summed E-state index contributed by atoms with van der Waals surface area (Å²) in [7, 11) is 0. The van der Waals surface area contributed by atoms with Gasteiger partial charge < -0.3 is 0 Å². The van der Waals surface area contributed by atoms with Crippen LogP contribution < -0.4 is 11.1 Å². The molecule has 6 heteroatoms. The van der Waals surface area contributed by atoms with Crippen LogP contribution in [0.2, 0.25) is 0 Å². The summed E-state index contributed by atoms with van der Waals surface area (Å²) in [5.41, 5.74) is 0.720. The first-order valence-corrected chi connectivity index (χ1v) is 8.61. The molecule has 2 aromatic carbocycles. The Kier molecular flexibility index (Phi) is 3.62. The van der Waals surface area contributed by atoms with Gasteiger partial charge in [0.2, 0.25) is 5.91 Å². The Bertz CT molecular complexity index is 1280. The molecule has 0 radical (unpaired) electrons. The number of carbonyl (C=O) groups is 1. The lowest BCUT2D eigenvalue weighted by Gasteiger charge is -2.06. The van der Waals surface area contributed by atoms with E-state index < -0.39 is 5.56 Å². The van der Waals surface area contributed by atoms with Crippen molar-refractivity contribution >= 4 is 27.5 Å². The normalized spacial score (nSPS) is 11.2. The smallest absolute Gasteiger partial charge is 0.274 e. The van der Waals surface area contributed by atoms with Gasteiger partial charge in [-0.25, -0.2) is 0 Å². The Morgan fingerprint density at radius 1 is 0.960 bits per heavy atom. The molecular formula is C19H14N2O3S. The predicted molar refractivity (Wildman–Crippen MR) is 97.5 cm³/mol. The number of aromatic nitrogens is 2. The summed E-state index contributed by atoms with van der Waals surface area (Å²) in [6.07, 6.45) is 0. The van der Waals surface area contributed by atoms with Crippen LogP contribution in [-0.2, 0) is 6.54 Å². The standard InChI is InChI=1S/C19H14N2O3S/c1-12(22)21-14-9-5-6-10-15(14)25-17-16(21)18(23)20(19(17)24)11-13-7-3-2-4-8-13/h2-10H,11H2,1H3. The van der Waals surface area contributed by atoms with E-state index in [1.165, 1.54) is 27.4 Å². The van der Waals surface area contributed by atoms with Crippen molar-refractivity contribution in [1.82, 2.24) is 9.13 Å². The van der Waals surface area contributed by atoms with Crippen molar-refractivity contribution in [2.75, 3.05) is 0 Å². The highest BCUT2D eigenvalue weighted by Gasteiger charge is 2.17. The Labute approximate surface area is 146 Å². The van der Waals surface area contributed by atoms with E-state index in [4.69, 9.17) is 0 Å². The molecule has 0 spiro atoms. The number of fused-ring (bicyclic) bond motifs is 1. The molecule has 25 heavy (non-hydrogen) atoms. The first-order valence-electron chi connectivity index (χ1n) is 7.80. The molecule has 0 saturated heterocycles. The summed E-state index contributed by atoms with van der Waals surface area (Å²) in [6, 6.07) is 16.6. The minimum atomic E-state index is -0.430. The third-order valence-corrected chi connectivity index (χ3v) is 5.28. The second-order valence-corrected chi connectivity index (χ2v) is 6.84. The Balaban J connectivity index is 2.12. The van der Waals surface area contributed by atoms with Crippen molar-refractivity contribution < 1.29 is 4.79 Å². The van der Waals surface area contributed by atoms with Crippen molar-refractivity contribution in [2.45, 2.75) is 13.5 Å². The van der Waals surface area contributed by atoms with Crippen molar-refractivity contribution in [3.63, 3.8) is 0 Å². The minimum absolute atomic E-state index is 0.164. The fourth-order valence-electron chi connectivity index (χ4n) is 3.03. The molecule has 0 bridgehead atoms. The number of benzene rings is 2. The maximum absolute atomic E-state index is 12.9. The van der Waals surface area contributed by atoms with Crippen LogP contribution in [0.15, 0.2) is 64.2 Å². The van der Waals surface area contributed by atoms with Crippen LogP contribution in [0.4, 0.5) is 0 Å². The Morgan fingerprint density at radius 3 is 2.36 bits per heavy atom. The summed E-state index contributed by atoms with van der Waals surface area (Å²) < 4.78 is 3.66. The Morgan fingerprint density at radius 2 is 1.64 bits per heavy atom. The zero-order valence-corrected chi connectivity index (χ0v) is 14.2. The molecule has 0 saturated carbocycles. The van der Waals surface area contributed by atoms with Crippen molar-refractivity contribution in [1.29, 1.82) is 0 Å². The molecule has 0 aliphatic carbocycles. The van der Waals surface area contributed by atoms with Gasteiger partial charge in [0.15, 0.2) is 0 Å². The van der Waals surface area contributed by atoms with E-state index in [2.05, 4.69) is 0 Å². The lowest BCUT2D eigenvalue weighted by Crippen LogP contribution is -2.28. The van der Waals surface area contributed by atoms with Gasteiger partial charge in [-0.1, -0.05) is 42.5 Å². The monoisotopic (exact) mass is 350 g/mol. The van der Waals surface area contributed by atoms with Crippen molar-refractivity contribution in [2.24, 2.45) is 0 Å². The van der Waals surface area contributed by atoms with Crippen LogP contribution in [0.5, 0.6) is 0 Å². The average Bonchev–Trinajstić information content (AvgIpc) is 2.85. The number of nitrogens with zero attached hydrogens (tertiary/aromatic N) is 2. The number of hydrogen-bond acceptors (Lipinski definition) is 4. The number of hydrogen-bond donors (Lipinski definition) is 0. The molecule has 2 heterocycles. The lowest BCUT2D eigenvalue weighted by atomic mass is 10.2. The van der Waals surface area contributed by atoms with Crippen LogP contribution in [-0.4, -0.2) is 15.0 Å². The highest BCUT2D eigenvalue weighted by Crippen LogP contribution is 2.19. The first kappa shape index (κ1) is 15.5. The average molecular weight is 350 g/mol. The quantitative estimate of drug-likeness (QED) is 0.558. The fraction of sp³-hybridized carbons (Fsp3) is 0.105. The summed E-state index contributed by atoms with van der Waals surface area (Å²) in [6.45, 7) is 1.59. The molecule has 2 aliphatic heterocycles. The molecule has 0 aromatic heterocycles. The largest absolute Gasteiger partial charge is 0.279 e. The molecule has 2 aromatic rings. The fourth-order valence-corrected chi connectivity index (χ4v) is 4.13. The molecule has 0 amide bonds. The third-order valence-electron chi connectivity index (χ3n) is 4.14. The number of rotatable bonds is 2. The summed E-state index contributed by atoms with van der Waals surface area (Å²) in [5.74, 6) is -0.289. The molecule has 0 fully saturated rings. The van der Waals surface area contributed by atoms with Gasteiger partial charge in [-0.2, -0.15) is 0 Å². The Hall–Kier alpha value is -2.99. The maximum Gasteiger partial charge on any atom is 0.279 e. The minimum Gasteiger partial charge on any atom is -0.274 e. The van der Waals surface area contributed by atoms with Crippen LogP contribution in [0.1, 0.15) is 17.3 Å². The molecule has 5 nitrogen and oxygen atoms in total. The van der Waals surface area contributed by atoms with Crippen LogP contribution >= 0.6 is 11.3 Å². The molecule has 0 atom stereocenters. The molecule has 124 valence electrons. The van der Waals surface area contributed by atoms with Gasteiger partial charge in [0, 0.05) is 6.92 Å². The van der Waals surface area contributed by atoms with Gasteiger partial charge in [0.05, 0.1) is 16.8 Å². The third kappa shape index (κ3) is 2.42. The predicted octanol–water partition coefficient (Wildman–Crippen LogP) is 2.66. The maximum atomic E-state index is 12.9. The number of carbonyl (C=O) groups excluding carboxylic acids is 1. The molecular weight excluding hydrogens is 336 g/mol. The van der Waals surface area contributed by atoms with E-state index in [0.29, 0.717) is 10.0 Å². The summed E-state index contributed by atoms with van der Waals surface area (Å²) in [5, 5.41) is 0.164. The number of para-hydroxylation sites is 1. The van der Waals surface area contributed by atoms with E-state index in [0.717, 1.165) is 10.3 Å². The summed E-state index contributed by atoms with van der Waals surface area (Å²) in [4.78, 5) is 38.0. The van der Waals surface area contributed by atoms with Crippen LogP contribution in [0.3, 0.4) is 0 Å². The van der Waals surface area contributed by atoms with Crippen molar-refractivity contribution in [3.8, 4) is 0 Å². The van der Waals surface area contributed by atoms with Gasteiger partial charge >= 0.3 is 0 Å². The van der Waals surface area contributed by atoms with E-state index >= 15 is 0 Å². The zero-order valence-electron chi connectivity index (χ0n) is 13.4. The van der Waals surface area contributed by atoms with Gasteiger partial charge in [-0.05, 0) is 17.7 Å². The highest BCUT2D eigenvalue weighted by molar-refractivity contribution is 7.16. The van der Waals surface area contributed by atoms with Crippen LogP contribution in [0.25, 0.3) is 10.2 Å². The van der Waals surface area contributed by atoms with E-state index in [1.807, 2.05) is 48.5 Å². The SMILES string of the molecule is CC(=O)n1c2c(=O)n(Cc3ccccc3)c(=O)c=2sc2ccccc21. The highest BCUT2D eigenvalue weighted by atomic mass is 32.1. The van der Waals surface area contributed by atoms with Gasteiger partial charge in [0.25, 0.3) is 11.1 Å². The lowest BCUT2D eigenvalue weighted by molar-refractivity contribution is 0.0938. The van der Waals surface area contributed by atoms with Gasteiger partial charge in [0.1, 0.15) is 9.88 Å². The molecule has 2 aliphatic rings. The molecule has 4 rings (SSSR count). The van der Waals surface area contributed by atoms with E-state index in [-0.39, 0.29) is 23.4 Å². The summed E-state index contributed by atoms with van der Waals surface area (Å²) >= 11 is 1.25. The molecule has 0 unspecified atom stereocenters. The van der Waals surface area contributed by atoms with E-state index in [1.54, 1.807) is 6.07 Å². The van der Waals surface area contributed by atoms with Crippen molar-refractivity contribution in [3.05, 3.63) is 90.7 Å². The topological polar surface area (TPSA) is 61.1 Å². The zero-order chi connectivity index (χ0) is 17.6. The van der Waals surface area contributed by atoms with Gasteiger partial charge in [-0.15, -0.1) is 11.3 Å². The second-order valence-electron chi connectivity index (χ2n) is 5.78. The molecule has 0 N–H and O–H groups in total.